The van der Waals surface area contributed by atoms with Crippen LogP contribution in [0.25, 0.3) is 0 Å². The van der Waals surface area contributed by atoms with Gasteiger partial charge in [-0.2, -0.15) is 13.2 Å². The first-order valence-electron chi connectivity index (χ1n) is 5.51. The van der Waals surface area contributed by atoms with Crippen LogP contribution < -0.4 is 5.32 Å². The fraction of sp³-hybridized carbons (Fsp3) is 0.417. The van der Waals surface area contributed by atoms with Gasteiger partial charge in [0, 0.05) is 0 Å². The standard InChI is InChI=1S/C12H13F4NO2/c1-3-19-11(18)10(17-2)8-5-4-7(13)6-9(8)12(14,15)16/h4-6,10,17H,3H2,1-2H3. The summed E-state index contributed by atoms with van der Waals surface area (Å²) in [5.74, 6) is -1.86. The first-order valence-corrected chi connectivity index (χ1v) is 5.51. The molecular weight excluding hydrogens is 266 g/mol. The van der Waals surface area contributed by atoms with Gasteiger partial charge in [0.2, 0.25) is 0 Å². The van der Waals surface area contributed by atoms with E-state index in [0.717, 1.165) is 12.1 Å². The van der Waals surface area contributed by atoms with Crippen LogP contribution in [0.1, 0.15) is 24.1 Å². The first-order chi connectivity index (χ1) is 8.81. The van der Waals surface area contributed by atoms with E-state index >= 15 is 0 Å². The number of rotatable bonds is 4. The van der Waals surface area contributed by atoms with Crippen molar-refractivity contribution in [2.24, 2.45) is 0 Å². The molecule has 0 bridgehead atoms. The number of carbonyl (C=O) groups is 1. The van der Waals surface area contributed by atoms with Gasteiger partial charge < -0.3 is 10.1 Å². The maximum atomic E-state index is 13.0. The number of likely N-dealkylation sites (N-methyl/N-ethyl adjacent to an activating group) is 1. The molecule has 1 aromatic carbocycles. The second kappa shape index (κ2) is 6.01. The third-order valence-electron chi connectivity index (χ3n) is 2.44. The summed E-state index contributed by atoms with van der Waals surface area (Å²) < 4.78 is 56.1. The van der Waals surface area contributed by atoms with Crippen molar-refractivity contribution in [2.45, 2.75) is 19.1 Å². The van der Waals surface area contributed by atoms with E-state index in [4.69, 9.17) is 0 Å². The third kappa shape index (κ3) is 3.66. The molecule has 19 heavy (non-hydrogen) atoms. The maximum Gasteiger partial charge on any atom is 0.416 e. The van der Waals surface area contributed by atoms with Gasteiger partial charge in [-0.15, -0.1) is 0 Å². The SMILES string of the molecule is CCOC(=O)C(NC)c1ccc(F)cc1C(F)(F)F. The van der Waals surface area contributed by atoms with Crippen LogP contribution >= 0.6 is 0 Å². The predicted molar refractivity (Wildman–Crippen MR) is 59.8 cm³/mol. The number of benzene rings is 1. The zero-order valence-electron chi connectivity index (χ0n) is 10.3. The Morgan fingerprint density at radius 2 is 2.05 bits per heavy atom. The molecule has 0 amide bonds. The summed E-state index contributed by atoms with van der Waals surface area (Å²) in [6, 6.07) is 0.862. The number of hydrogen-bond acceptors (Lipinski definition) is 3. The zero-order valence-corrected chi connectivity index (χ0v) is 10.3. The largest absolute Gasteiger partial charge is 0.465 e. The molecule has 1 N–H and O–H groups in total. The lowest BCUT2D eigenvalue weighted by molar-refractivity contribution is -0.147. The van der Waals surface area contributed by atoms with Gasteiger partial charge in [0.15, 0.2) is 0 Å². The molecule has 106 valence electrons. The highest BCUT2D eigenvalue weighted by atomic mass is 19.4. The lowest BCUT2D eigenvalue weighted by Gasteiger charge is -2.20. The van der Waals surface area contributed by atoms with E-state index in [0.29, 0.717) is 6.07 Å². The second-order valence-electron chi connectivity index (χ2n) is 3.70. The van der Waals surface area contributed by atoms with Crippen LogP contribution in [-0.2, 0) is 15.7 Å². The van der Waals surface area contributed by atoms with Crippen molar-refractivity contribution in [1.29, 1.82) is 0 Å². The molecule has 0 saturated heterocycles. The van der Waals surface area contributed by atoms with Crippen molar-refractivity contribution < 1.29 is 27.1 Å². The molecule has 1 aromatic rings. The molecule has 0 aromatic heterocycles. The summed E-state index contributed by atoms with van der Waals surface area (Å²) in [5, 5.41) is 2.44. The number of hydrogen-bond donors (Lipinski definition) is 1. The van der Waals surface area contributed by atoms with Gasteiger partial charge in [0.1, 0.15) is 11.9 Å². The van der Waals surface area contributed by atoms with Gasteiger partial charge in [0.25, 0.3) is 0 Å². The van der Waals surface area contributed by atoms with Crippen molar-refractivity contribution in [3.8, 4) is 0 Å². The summed E-state index contributed by atoms with van der Waals surface area (Å²) in [7, 11) is 1.32. The van der Waals surface area contributed by atoms with E-state index in [2.05, 4.69) is 10.1 Å². The number of halogens is 4. The highest BCUT2D eigenvalue weighted by molar-refractivity contribution is 5.78. The molecule has 0 spiro atoms. The molecular formula is C12H13F4NO2. The van der Waals surface area contributed by atoms with Gasteiger partial charge in [-0.3, -0.25) is 0 Å². The van der Waals surface area contributed by atoms with Crippen LogP contribution in [0.15, 0.2) is 18.2 Å². The summed E-state index contributed by atoms with van der Waals surface area (Å²) >= 11 is 0. The fourth-order valence-corrected chi connectivity index (χ4v) is 1.65. The van der Waals surface area contributed by atoms with Crippen molar-refractivity contribution in [1.82, 2.24) is 5.32 Å². The molecule has 0 fully saturated rings. The summed E-state index contributed by atoms with van der Waals surface area (Å²) in [4.78, 5) is 11.6. The predicted octanol–water partition coefficient (Wildman–Crippen LogP) is 2.67. The Hall–Kier alpha value is -1.63. The van der Waals surface area contributed by atoms with Crippen molar-refractivity contribution in [3.63, 3.8) is 0 Å². The minimum atomic E-state index is -4.75. The van der Waals surface area contributed by atoms with E-state index in [1.807, 2.05) is 0 Å². The molecule has 0 aliphatic rings. The minimum absolute atomic E-state index is 0.0412. The Balaban J connectivity index is 3.28. The Morgan fingerprint density at radius 1 is 1.42 bits per heavy atom. The monoisotopic (exact) mass is 279 g/mol. The number of nitrogens with one attached hydrogen (secondary N) is 1. The van der Waals surface area contributed by atoms with Gasteiger partial charge in [-0.1, -0.05) is 6.07 Å². The number of esters is 1. The molecule has 7 heteroatoms. The minimum Gasteiger partial charge on any atom is -0.465 e. The quantitative estimate of drug-likeness (QED) is 0.680. The Kier molecular flexibility index (Phi) is 4.88. The van der Waals surface area contributed by atoms with E-state index in [9.17, 15) is 22.4 Å². The van der Waals surface area contributed by atoms with E-state index in [1.165, 1.54) is 7.05 Å². The van der Waals surface area contributed by atoms with Gasteiger partial charge >= 0.3 is 12.1 Å². The van der Waals surface area contributed by atoms with Crippen LogP contribution in [0.4, 0.5) is 17.6 Å². The smallest absolute Gasteiger partial charge is 0.416 e. The summed E-state index contributed by atoms with van der Waals surface area (Å²) in [5.41, 5.74) is -1.56. The van der Waals surface area contributed by atoms with Gasteiger partial charge in [-0.25, -0.2) is 9.18 Å². The summed E-state index contributed by atoms with van der Waals surface area (Å²) in [6.45, 7) is 1.58. The van der Waals surface area contributed by atoms with E-state index in [1.54, 1.807) is 6.92 Å². The average Bonchev–Trinajstić information content (AvgIpc) is 2.31. The molecule has 0 aliphatic heterocycles. The second-order valence-corrected chi connectivity index (χ2v) is 3.70. The Morgan fingerprint density at radius 3 is 2.53 bits per heavy atom. The van der Waals surface area contributed by atoms with Crippen LogP contribution in [-0.4, -0.2) is 19.6 Å². The van der Waals surface area contributed by atoms with Crippen molar-refractivity contribution >= 4 is 5.97 Å². The van der Waals surface area contributed by atoms with Crippen LogP contribution in [0.3, 0.4) is 0 Å². The first kappa shape index (κ1) is 15.4. The molecule has 1 atom stereocenters. The molecule has 1 unspecified atom stereocenters. The van der Waals surface area contributed by atoms with Crippen LogP contribution in [0.2, 0.25) is 0 Å². The highest BCUT2D eigenvalue weighted by Crippen LogP contribution is 2.35. The fourth-order valence-electron chi connectivity index (χ4n) is 1.65. The van der Waals surface area contributed by atoms with Crippen molar-refractivity contribution in [3.05, 3.63) is 35.1 Å². The van der Waals surface area contributed by atoms with Crippen LogP contribution in [0.5, 0.6) is 0 Å². The average molecular weight is 279 g/mol. The normalized spacial score (nSPS) is 13.2. The lowest BCUT2D eigenvalue weighted by Crippen LogP contribution is -2.29. The van der Waals surface area contributed by atoms with Crippen molar-refractivity contribution in [2.75, 3.05) is 13.7 Å². The van der Waals surface area contributed by atoms with E-state index in [-0.39, 0.29) is 12.2 Å². The Bertz CT molecular complexity index is 460. The molecule has 1 rings (SSSR count). The van der Waals surface area contributed by atoms with Gasteiger partial charge in [-0.05, 0) is 31.7 Å². The molecule has 0 radical (unpaired) electrons. The molecule has 0 saturated carbocycles. The van der Waals surface area contributed by atoms with Gasteiger partial charge in [0.05, 0.1) is 12.2 Å². The molecule has 0 heterocycles. The molecule has 0 aliphatic carbocycles. The maximum absolute atomic E-state index is 13.0. The summed E-state index contributed by atoms with van der Waals surface area (Å²) in [6.07, 6.45) is -4.75. The highest BCUT2D eigenvalue weighted by Gasteiger charge is 2.37. The number of alkyl halides is 3. The zero-order chi connectivity index (χ0) is 14.6. The third-order valence-corrected chi connectivity index (χ3v) is 2.44. The topological polar surface area (TPSA) is 38.3 Å². The van der Waals surface area contributed by atoms with E-state index < -0.39 is 29.6 Å². The lowest BCUT2D eigenvalue weighted by atomic mass is 9.99. The number of ether oxygens (including phenoxy) is 1. The number of carbonyl (C=O) groups excluding carboxylic acids is 1. The van der Waals surface area contributed by atoms with Crippen LogP contribution in [0, 0.1) is 5.82 Å². The molecule has 3 nitrogen and oxygen atoms in total. The Labute approximate surface area is 107 Å².